The number of nitrogens with zero attached hydrogens (tertiary/aromatic N) is 4. The molecule has 1 aliphatic rings. The Hall–Kier alpha value is -0.960. The Morgan fingerprint density at radius 3 is 2.48 bits per heavy atom. The Labute approximate surface area is 126 Å². The predicted octanol–water partition coefficient (Wildman–Crippen LogP) is -0.145. The lowest BCUT2D eigenvalue weighted by molar-refractivity contribution is 0.185. The topological polar surface area (TPSA) is 84.5 Å². The lowest BCUT2D eigenvalue weighted by Gasteiger charge is -2.33. The predicted molar refractivity (Wildman–Crippen MR) is 81.3 cm³/mol. The van der Waals surface area contributed by atoms with Crippen molar-refractivity contribution in [3.05, 3.63) is 12.4 Å². The molecule has 0 spiro atoms. The van der Waals surface area contributed by atoms with Crippen LogP contribution < -0.4 is 5.73 Å². The van der Waals surface area contributed by atoms with Crippen LogP contribution in [0, 0.1) is 0 Å². The number of hydrogen-bond acceptors (Lipinski definition) is 5. The molecule has 0 unspecified atom stereocenters. The fraction of sp³-hybridized carbons (Fsp3) is 0.769. The van der Waals surface area contributed by atoms with E-state index in [0.29, 0.717) is 13.1 Å². The van der Waals surface area contributed by atoms with Crippen LogP contribution >= 0.6 is 0 Å². The molecular weight excluding hydrogens is 290 g/mol. The first-order valence-corrected chi connectivity index (χ1v) is 8.89. The van der Waals surface area contributed by atoms with E-state index >= 15 is 0 Å². The van der Waals surface area contributed by atoms with Gasteiger partial charge in [0.2, 0.25) is 10.0 Å². The molecule has 1 saturated heterocycles. The van der Waals surface area contributed by atoms with Gasteiger partial charge in [-0.3, -0.25) is 4.68 Å². The van der Waals surface area contributed by atoms with Gasteiger partial charge in [0.1, 0.15) is 4.90 Å². The number of unbranched alkanes of at least 4 members (excludes halogenated alkanes) is 2. The van der Waals surface area contributed by atoms with Gasteiger partial charge in [0.15, 0.2) is 0 Å². The van der Waals surface area contributed by atoms with Gasteiger partial charge in [-0.25, -0.2) is 8.42 Å². The maximum absolute atomic E-state index is 12.4. The molecule has 8 heteroatoms. The lowest BCUT2D eigenvalue weighted by Crippen LogP contribution is -2.48. The molecule has 1 aliphatic heterocycles. The first-order valence-electron chi connectivity index (χ1n) is 7.45. The smallest absolute Gasteiger partial charge is 0.246 e. The summed E-state index contributed by atoms with van der Waals surface area (Å²) in [6.07, 6.45) is 6.30. The largest absolute Gasteiger partial charge is 0.330 e. The van der Waals surface area contributed by atoms with Crippen LogP contribution in [0.3, 0.4) is 0 Å². The molecule has 0 aromatic carbocycles. The van der Waals surface area contributed by atoms with Gasteiger partial charge in [0.05, 0.1) is 6.20 Å². The summed E-state index contributed by atoms with van der Waals surface area (Å²) in [6.45, 7) is 4.46. The third-order valence-corrected chi connectivity index (χ3v) is 5.68. The van der Waals surface area contributed by atoms with Crippen LogP contribution in [0.15, 0.2) is 17.3 Å². The molecule has 2 rings (SSSR count). The molecular formula is C13H25N5O2S. The van der Waals surface area contributed by atoms with Crippen molar-refractivity contribution < 1.29 is 8.42 Å². The van der Waals surface area contributed by atoms with Crippen LogP contribution in [0.2, 0.25) is 0 Å². The lowest BCUT2D eigenvalue weighted by atomic mass is 10.2. The van der Waals surface area contributed by atoms with E-state index in [1.165, 1.54) is 10.9 Å². The highest BCUT2D eigenvalue weighted by atomic mass is 32.2. The molecule has 0 radical (unpaired) electrons. The Balaban J connectivity index is 1.83. The van der Waals surface area contributed by atoms with E-state index in [9.17, 15) is 8.42 Å². The van der Waals surface area contributed by atoms with Crippen LogP contribution in [0.5, 0.6) is 0 Å². The summed E-state index contributed by atoms with van der Waals surface area (Å²) in [7, 11) is -1.67. The van der Waals surface area contributed by atoms with Crippen LogP contribution in [-0.4, -0.2) is 66.7 Å². The van der Waals surface area contributed by atoms with Gasteiger partial charge in [-0.1, -0.05) is 6.42 Å². The summed E-state index contributed by atoms with van der Waals surface area (Å²) in [6, 6.07) is 0. The van der Waals surface area contributed by atoms with E-state index in [-0.39, 0.29) is 4.90 Å². The van der Waals surface area contributed by atoms with Crippen molar-refractivity contribution in [1.82, 2.24) is 19.0 Å². The summed E-state index contributed by atoms with van der Waals surface area (Å²) in [5.74, 6) is 0. The number of piperazine rings is 1. The van der Waals surface area contributed by atoms with E-state index in [1.807, 2.05) is 0 Å². The van der Waals surface area contributed by atoms with Gasteiger partial charge in [0, 0.05) is 39.4 Å². The van der Waals surface area contributed by atoms with Crippen molar-refractivity contribution in [2.24, 2.45) is 12.8 Å². The van der Waals surface area contributed by atoms with Gasteiger partial charge in [-0.2, -0.15) is 9.40 Å². The third-order valence-electron chi connectivity index (χ3n) is 3.83. The number of aryl methyl sites for hydroxylation is 1. The van der Waals surface area contributed by atoms with Crippen molar-refractivity contribution in [2.45, 2.75) is 24.2 Å². The molecule has 1 fully saturated rings. The number of sulfonamides is 1. The van der Waals surface area contributed by atoms with Crippen molar-refractivity contribution in [1.29, 1.82) is 0 Å². The number of hydrogen-bond donors (Lipinski definition) is 1. The zero-order valence-corrected chi connectivity index (χ0v) is 13.4. The van der Waals surface area contributed by atoms with E-state index in [2.05, 4.69) is 10.00 Å². The molecule has 0 aliphatic carbocycles. The molecule has 0 bridgehead atoms. The van der Waals surface area contributed by atoms with Gasteiger partial charge in [-0.05, 0) is 25.9 Å². The molecule has 2 N–H and O–H groups in total. The quantitative estimate of drug-likeness (QED) is 0.708. The second kappa shape index (κ2) is 7.35. The second-order valence-electron chi connectivity index (χ2n) is 5.44. The Morgan fingerprint density at radius 1 is 1.19 bits per heavy atom. The average molecular weight is 315 g/mol. The van der Waals surface area contributed by atoms with E-state index in [0.717, 1.165) is 45.4 Å². The van der Waals surface area contributed by atoms with Crippen LogP contribution in [0.25, 0.3) is 0 Å². The molecule has 1 aromatic rings. The Morgan fingerprint density at radius 2 is 1.90 bits per heavy atom. The number of nitrogens with two attached hydrogens (primary N) is 1. The minimum absolute atomic E-state index is 0.279. The summed E-state index contributed by atoms with van der Waals surface area (Å²) in [5, 5.41) is 3.94. The first-order chi connectivity index (χ1) is 10.0. The maximum Gasteiger partial charge on any atom is 0.246 e. The Kier molecular flexibility index (Phi) is 5.74. The van der Waals surface area contributed by atoms with E-state index < -0.39 is 10.0 Å². The zero-order chi connectivity index (χ0) is 15.3. The van der Waals surface area contributed by atoms with E-state index in [4.69, 9.17) is 5.73 Å². The molecule has 7 nitrogen and oxygen atoms in total. The fourth-order valence-corrected chi connectivity index (χ4v) is 3.94. The van der Waals surface area contributed by atoms with Crippen molar-refractivity contribution in [3.63, 3.8) is 0 Å². The first kappa shape index (κ1) is 16.4. The summed E-state index contributed by atoms with van der Waals surface area (Å²) >= 11 is 0. The van der Waals surface area contributed by atoms with Crippen LogP contribution in [0.4, 0.5) is 0 Å². The minimum atomic E-state index is -3.39. The normalized spacial score (nSPS) is 18.2. The van der Waals surface area contributed by atoms with Crippen molar-refractivity contribution in [2.75, 3.05) is 39.3 Å². The van der Waals surface area contributed by atoms with Gasteiger partial charge >= 0.3 is 0 Å². The highest BCUT2D eigenvalue weighted by molar-refractivity contribution is 7.89. The van der Waals surface area contributed by atoms with Crippen molar-refractivity contribution >= 4 is 10.0 Å². The summed E-state index contributed by atoms with van der Waals surface area (Å²) in [5.41, 5.74) is 5.48. The highest BCUT2D eigenvalue weighted by Gasteiger charge is 2.29. The number of rotatable bonds is 7. The monoisotopic (exact) mass is 315 g/mol. The molecule has 1 aromatic heterocycles. The highest BCUT2D eigenvalue weighted by Crippen LogP contribution is 2.16. The fourth-order valence-electron chi connectivity index (χ4n) is 2.53. The molecule has 0 atom stereocenters. The zero-order valence-electron chi connectivity index (χ0n) is 12.6. The second-order valence-corrected chi connectivity index (χ2v) is 7.38. The van der Waals surface area contributed by atoms with Crippen LogP contribution in [-0.2, 0) is 17.1 Å². The van der Waals surface area contributed by atoms with Gasteiger partial charge in [0.25, 0.3) is 0 Å². The molecule has 21 heavy (non-hydrogen) atoms. The minimum Gasteiger partial charge on any atom is -0.330 e. The van der Waals surface area contributed by atoms with Gasteiger partial charge in [-0.15, -0.1) is 0 Å². The van der Waals surface area contributed by atoms with Crippen LogP contribution in [0.1, 0.15) is 19.3 Å². The average Bonchev–Trinajstić information content (AvgIpc) is 2.91. The SMILES string of the molecule is Cn1cc(S(=O)(=O)N2CCN(CCCCCN)CC2)cn1. The molecule has 0 saturated carbocycles. The summed E-state index contributed by atoms with van der Waals surface area (Å²) in [4.78, 5) is 2.60. The standard InChI is InChI=1S/C13H25N5O2S/c1-16-12-13(11-15-16)21(19,20)18-9-7-17(8-10-18)6-4-2-3-5-14/h11-12H,2-10,14H2,1H3. The summed E-state index contributed by atoms with van der Waals surface area (Å²) < 4.78 is 28.0. The third kappa shape index (κ3) is 4.26. The maximum atomic E-state index is 12.4. The molecule has 0 amide bonds. The van der Waals surface area contributed by atoms with Gasteiger partial charge < -0.3 is 10.6 Å². The number of aromatic nitrogens is 2. The Bertz CT molecular complexity index is 535. The molecule has 2 heterocycles. The van der Waals surface area contributed by atoms with E-state index in [1.54, 1.807) is 17.5 Å². The molecule has 120 valence electrons. The van der Waals surface area contributed by atoms with Crippen molar-refractivity contribution in [3.8, 4) is 0 Å².